The van der Waals surface area contributed by atoms with Gasteiger partial charge in [0.25, 0.3) is 5.56 Å². The molecule has 1 N–H and O–H groups in total. The van der Waals surface area contributed by atoms with Gasteiger partial charge < -0.3 is 5.32 Å². The first-order valence-corrected chi connectivity index (χ1v) is 10.6. The average Bonchev–Trinajstić information content (AvgIpc) is 3.18. The molecule has 0 radical (unpaired) electrons. The number of aromatic nitrogens is 3. The normalized spacial score (nSPS) is 10.9. The van der Waals surface area contributed by atoms with E-state index in [1.54, 1.807) is 30.0 Å². The van der Waals surface area contributed by atoms with Crippen molar-refractivity contribution in [2.75, 3.05) is 11.6 Å². The molecule has 140 valence electrons. The van der Waals surface area contributed by atoms with Gasteiger partial charge in [0, 0.05) is 15.8 Å². The number of hydrogen-bond acceptors (Lipinski definition) is 6. The molecule has 4 aromatic rings. The Morgan fingerprint density at radius 2 is 1.96 bits per heavy atom. The smallest absolute Gasteiger partial charge is 0.261 e. The quantitative estimate of drug-likeness (QED) is 0.507. The van der Waals surface area contributed by atoms with Crippen molar-refractivity contribution >= 4 is 45.0 Å². The Kier molecular flexibility index (Phi) is 5.23. The molecule has 0 saturated heterocycles. The molecule has 0 aliphatic rings. The Morgan fingerprint density at radius 3 is 2.75 bits per heavy atom. The maximum atomic E-state index is 12.5. The van der Waals surface area contributed by atoms with Gasteiger partial charge in [-0.3, -0.25) is 14.2 Å². The van der Waals surface area contributed by atoms with Crippen molar-refractivity contribution in [3.8, 4) is 11.3 Å². The molecule has 2 heterocycles. The van der Waals surface area contributed by atoms with Crippen LogP contribution in [0, 0.1) is 0 Å². The molecule has 0 aliphatic carbocycles. The lowest BCUT2D eigenvalue weighted by Crippen LogP contribution is -2.27. The molecule has 1 amide bonds. The van der Waals surface area contributed by atoms with Crippen molar-refractivity contribution in [2.24, 2.45) is 0 Å². The third kappa shape index (κ3) is 3.83. The zero-order valence-corrected chi connectivity index (χ0v) is 16.6. The fourth-order valence-electron chi connectivity index (χ4n) is 2.76. The van der Waals surface area contributed by atoms with Crippen LogP contribution in [0.1, 0.15) is 0 Å². The number of carbonyl (C=O) groups excluding carboxylic acids is 1. The van der Waals surface area contributed by atoms with E-state index in [0.717, 1.165) is 11.3 Å². The minimum Gasteiger partial charge on any atom is -0.300 e. The van der Waals surface area contributed by atoms with Crippen LogP contribution < -0.4 is 10.9 Å². The Labute approximate surface area is 169 Å². The number of amides is 1. The van der Waals surface area contributed by atoms with Crippen LogP contribution in [0.4, 0.5) is 5.13 Å². The van der Waals surface area contributed by atoms with Crippen molar-refractivity contribution in [1.29, 1.82) is 0 Å². The van der Waals surface area contributed by atoms with Gasteiger partial charge in [-0.25, -0.2) is 9.97 Å². The standard InChI is InChI=1S/C20H16N4O2S2/c1-27-14-8-6-13(7-9-14)17-11-28-20(22-17)23-18(25)10-24-12-21-16-5-3-2-4-15(16)19(24)26/h2-9,11-12H,10H2,1H3,(H,22,23,25). The number of benzene rings is 2. The number of rotatable bonds is 5. The molecule has 0 fully saturated rings. The van der Waals surface area contributed by atoms with Gasteiger partial charge in [0.2, 0.25) is 5.91 Å². The molecule has 0 saturated carbocycles. The number of para-hydroxylation sites is 1. The van der Waals surface area contributed by atoms with Crippen LogP contribution in [0.2, 0.25) is 0 Å². The summed E-state index contributed by atoms with van der Waals surface area (Å²) in [5.74, 6) is -0.321. The van der Waals surface area contributed by atoms with E-state index in [0.29, 0.717) is 16.0 Å². The number of nitrogens with one attached hydrogen (secondary N) is 1. The van der Waals surface area contributed by atoms with E-state index in [1.165, 1.54) is 27.1 Å². The van der Waals surface area contributed by atoms with Crippen molar-refractivity contribution in [2.45, 2.75) is 11.4 Å². The number of thioether (sulfide) groups is 1. The van der Waals surface area contributed by atoms with Gasteiger partial charge in [0.1, 0.15) is 6.54 Å². The van der Waals surface area contributed by atoms with Crippen molar-refractivity contribution < 1.29 is 4.79 Å². The van der Waals surface area contributed by atoms with Crippen LogP contribution >= 0.6 is 23.1 Å². The molecule has 2 aromatic carbocycles. The highest BCUT2D eigenvalue weighted by Gasteiger charge is 2.11. The molecule has 2 aromatic heterocycles. The molecule has 0 unspecified atom stereocenters. The second kappa shape index (κ2) is 7.95. The lowest BCUT2D eigenvalue weighted by atomic mass is 10.2. The highest BCUT2D eigenvalue weighted by Crippen LogP contribution is 2.26. The number of hydrogen-bond donors (Lipinski definition) is 1. The maximum Gasteiger partial charge on any atom is 0.261 e. The lowest BCUT2D eigenvalue weighted by molar-refractivity contribution is -0.116. The van der Waals surface area contributed by atoms with Crippen molar-refractivity contribution in [3.05, 3.63) is 70.6 Å². The molecule has 0 spiro atoms. The Bertz CT molecular complexity index is 1200. The van der Waals surface area contributed by atoms with E-state index >= 15 is 0 Å². The third-order valence-electron chi connectivity index (χ3n) is 4.18. The molecule has 0 atom stereocenters. The fourth-order valence-corrected chi connectivity index (χ4v) is 3.90. The summed E-state index contributed by atoms with van der Waals surface area (Å²) in [4.78, 5) is 34.7. The van der Waals surface area contributed by atoms with E-state index in [4.69, 9.17) is 0 Å². The summed E-state index contributed by atoms with van der Waals surface area (Å²) in [6, 6.07) is 15.2. The van der Waals surface area contributed by atoms with E-state index in [9.17, 15) is 9.59 Å². The Morgan fingerprint density at radius 1 is 1.18 bits per heavy atom. The highest BCUT2D eigenvalue weighted by molar-refractivity contribution is 7.98. The third-order valence-corrected chi connectivity index (χ3v) is 5.68. The molecule has 6 nitrogen and oxygen atoms in total. The molecule has 28 heavy (non-hydrogen) atoms. The number of carbonyl (C=O) groups is 1. The second-order valence-corrected chi connectivity index (χ2v) is 7.75. The van der Waals surface area contributed by atoms with E-state index in [2.05, 4.69) is 15.3 Å². The Hall–Kier alpha value is -2.97. The summed E-state index contributed by atoms with van der Waals surface area (Å²) >= 11 is 3.03. The molecule has 0 bridgehead atoms. The number of fused-ring (bicyclic) bond motifs is 1. The van der Waals surface area contributed by atoms with Crippen LogP contribution in [-0.2, 0) is 11.3 Å². The van der Waals surface area contributed by atoms with Crippen LogP contribution in [-0.4, -0.2) is 26.7 Å². The summed E-state index contributed by atoms with van der Waals surface area (Å²) in [5, 5.41) is 5.64. The summed E-state index contributed by atoms with van der Waals surface area (Å²) in [5.41, 5.74) is 2.16. The first kappa shape index (κ1) is 18.4. The molecular formula is C20H16N4O2S2. The van der Waals surface area contributed by atoms with E-state index in [1.807, 2.05) is 42.0 Å². The number of thiazole rings is 1. The van der Waals surface area contributed by atoms with E-state index in [-0.39, 0.29) is 18.0 Å². The van der Waals surface area contributed by atoms with Gasteiger partial charge in [-0.15, -0.1) is 23.1 Å². The topological polar surface area (TPSA) is 76.9 Å². The van der Waals surface area contributed by atoms with E-state index < -0.39 is 0 Å². The largest absolute Gasteiger partial charge is 0.300 e. The summed E-state index contributed by atoms with van der Waals surface area (Å²) < 4.78 is 1.30. The molecule has 4 rings (SSSR count). The first-order chi connectivity index (χ1) is 13.6. The highest BCUT2D eigenvalue weighted by atomic mass is 32.2. The number of nitrogens with zero attached hydrogens (tertiary/aromatic N) is 3. The minimum absolute atomic E-state index is 0.117. The SMILES string of the molecule is CSc1ccc(-c2csc(NC(=O)Cn3cnc4ccccc4c3=O)n2)cc1. The zero-order valence-electron chi connectivity index (χ0n) is 15.0. The van der Waals surface area contributed by atoms with Crippen LogP contribution in [0.3, 0.4) is 0 Å². The van der Waals surface area contributed by atoms with Gasteiger partial charge in [-0.05, 0) is 30.5 Å². The average molecular weight is 409 g/mol. The summed E-state index contributed by atoms with van der Waals surface area (Å²) in [6.07, 6.45) is 3.42. The van der Waals surface area contributed by atoms with Gasteiger partial charge >= 0.3 is 0 Å². The van der Waals surface area contributed by atoms with Crippen LogP contribution in [0.15, 0.2) is 69.9 Å². The minimum atomic E-state index is -0.321. The van der Waals surface area contributed by atoms with Crippen molar-refractivity contribution in [1.82, 2.24) is 14.5 Å². The van der Waals surface area contributed by atoms with Gasteiger partial charge in [-0.1, -0.05) is 24.3 Å². The molecule has 0 aliphatic heterocycles. The van der Waals surface area contributed by atoms with Gasteiger partial charge in [0.15, 0.2) is 5.13 Å². The maximum absolute atomic E-state index is 12.5. The lowest BCUT2D eigenvalue weighted by Gasteiger charge is -2.06. The fraction of sp³-hybridized carbons (Fsp3) is 0.100. The predicted molar refractivity (Wildman–Crippen MR) is 114 cm³/mol. The molecular weight excluding hydrogens is 392 g/mol. The predicted octanol–water partition coefficient (Wildman–Crippen LogP) is 3.88. The monoisotopic (exact) mass is 408 g/mol. The summed E-state index contributed by atoms with van der Waals surface area (Å²) in [7, 11) is 0. The van der Waals surface area contributed by atoms with Gasteiger partial charge in [-0.2, -0.15) is 0 Å². The van der Waals surface area contributed by atoms with Gasteiger partial charge in [0.05, 0.1) is 22.9 Å². The van der Waals surface area contributed by atoms with Crippen LogP contribution in [0.5, 0.6) is 0 Å². The molecule has 8 heteroatoms. The zero-order chi connectivity index (χ0) is 19.5. The van der Waals surface area contributed by atoms with Crippen molar-refractivity contribution in [3.63, 3.8) is 0 Å². The van der Waals surface area contributed by atoms with Crippen LogP contribution in [0.25, 0.3) is 22.2 Å². The Balaban J connectivity index is 1.48. The number of anilines is 1. The second-order valence-electron chi connectivity index (χ2n) is 6.01. The first-order valence-electron chi connectivity index (χ1n) is 8.48. The summed E-state index contributed by atoms with van der Waals surface area (Å²) in [6.45, 7) is -0.117.